The van der Waals surface area contributed by atoms with Crippen molar-refractivity contribution in [1.82, 2.24) is 0 Å². The molecule has 15 heavy (non-hydrogen) atoms. The first-order valence-corrected chi connectivity index (χ1v) is 5.21. The molecule has 1 heterocycles. The van der Waals surface area contributed by atoms with Crippen molar-refractivity contribution < 1.29 is 19.1 Å². The molecule has 0 bridgehead atoms. The van der Waals surface area contributed by atoms with Crippen molar-refractivity contribution in [3.8, 4) is 0 Å². The highest BCUT2D eigenvalue weighted by Crippen LogP contribution is 2.16. The molecule has 4 nitrogen and oxygen atoms in total. The molecule has 1 fully saturated rings. The van der Waals surface area contributed by atoms with E-state index in [1.807, 2.05) is 0 Å². The minimum Gasteiger partial charge on any atom is -0.462 e. The van der Waals surface area contributed by atoms with E-state index in [4.69, 9.17) is 9.47 Å². The largest absolute Gasteiger partial charge is 0.462 e. The number of rotatable bonds is 4. The Morgan fingerprint density at radius 3 is 3.13 bits per heavy atom. The topological polar surface area (TPSA) is 52.6 Å². The summed E-state index contributed by atoms with van der Waals surface area (Å²) in [5, 5.41) is 0. The van der Waals surface area contributed by atoms with Crippen LogP contribution in [0.1, 0.15) is 32.1 Å². The van der Waals surface area contributed by atoms with Crippen LogP contribution in [0.2, 0.25) is 0 Å². The molecule has 0 aromatic heterocycles. The third-order valence-electron chi connectivity index (χ3n) is 2.31. The van der Waals surface area contributed by atoms with E-state index in [1.54, 1.807) is 0 Å². The third-order valence-corrected chi connectivity index (χ3v) is 2.31. The van der Waals surface area contributed by atoms with Gasteiger partial charge in [0, 0.05) is 18.9 Å². The zero-order valence-electron chi connectivity index (χ0n) is 8.74. The van der Waals surface area contributed by atoms with Crippen LogP contribution in [0.3, 0.4) is 0 Å². The molecule has 1 unspecified atom stereocenters. The van der Waals surface area contributed by atoms with Crippen molar-refractivity contribution in [3.63, 3.8) is 0 Å². The van der Waals surface area contributed by atoms with Crippen LogP contribution in [-0.4, -0.2) is 24.6 Å². The second-order valence-corrected chi connectivity index (χ2v) is 3.52. The van der Waals surface area contributed by atoms with Gasteiger partial charge in [-0.05, 0) is 19.3 Å². The van der Waals surface area contributed by atoms with Crippen molar-refractivity contribution in [2.24, 2.45) is 0 Å². The molecule has 1 atom stereocenters. The van der Waals surface area contributed by atoms with Crippen LogP contribution in [0.4, 0.5) is 0 Å². The van der Waals surface area contributed by atoms with Gasteiger partial charge in [0.1, 0.15) is 6.10 Å². The van der Waals surface area contributed by atoms with Gasteiger partial charge in [0.25, 0.3) is 0 Å². The Bertz CT molecular complexity index is 247. The van der Waals surface area contributed by atoms with E-state index >= 15 is 0 Å². The molecule has 1 aliphatic rings. The van der Waals surface area contributed by atoms with E-state index in [0.29, 0.717) is 12.8 Å². The average molecular weight is 212 g/mol. The van der Waals surface area contributed by atoms with Crippen LogP contribution in [0.5, 0.6) is 0 Å². The van der Waals surface area contributed by atoms with Gasteiger partial charge >= 0.3 is 11.9 Å². The van der Waals surface area contributed by atoms with E-state index in [2.05, 4.69) is 6.58 Å². The van der Waals surface area contributed by atoms with E-state index in [-0.39, 0.29) is 18.7 Å². The van der Waals surface area contributed by atoms with E-state index in [0.717, 1.165) is 25.3 Å². The summed E-state index contributed by atoms with van der Waals surface area (Å²) >= 11 is 0. The highest BCUT2D eigenvalue weighted by Gasteiger charge is 2.18. The first kappa shape index (κ1) is 11.8. The number of carbonyl (C=O) groups excluding carboxylic acids is 2. The van der Waals surface area contributed by atoms with Crippen molar-refractivity contribution >= 4 is 11.9 Å². The van der Waals surface area contributed by atoms with Crippen LogP contribution in [-0.2, 0) is 19.1 Å². The first-order valence-electron chi connectivity index (χ1n) is 5.21. The Kier molecular flexibility index (Phi) is 4.87. The SMILES string of the molecule is C=CC(=O)OCCC1CCCCC(=O)O1. The highest BCUT2D eigenvalue weighted by molar-refractivity contribution is 5.81. The Morgan fingerprint density at radius 1 is 1.60 bits per heavy atom. The predicted octanol–water partition coefficient (Wildman–Crippen LogP) is 1.59. The second-order valence-electron chi connectivity index (χ2n) is 3.52. The van der Waals surface area contributed by atoms with Crippen LogP contribution in [0, 0.1) is 0 Å². The molecule has 0 radical (unpaired) electrons. The summed E-state index contributed by atoms with van der Waals surface area (Å²) in [7, 11) is 0. The summed E-state index contributed by atoms with van der Waals surface area (Å²) in [5.41, 5.74) is 0. The highest BCUT2D eigenvalue weighted by atomic mass is 16.6. The lowest BCUT2D eigenvalue weighted by Gasteiger charge is -2.14. The Hall–Kier alpha value is -1.32. The van der Waals surface area contributed by atoms with Gasteiger partial charge in [0.05, 0.1) is 6.61 Å². The standard InChI is InChI=1S/C11H16O4/c1-2-10(12)14-8-7-9-5-3-4-6-11(13)15-9/h2,9H,1,3-8H2. The van der Waals surface area contributed by atoms with E-state index in [1.165, 1.54) is 0 Å². The minimum absolute atomic E-state index is 0.0994. The van der Waals surface area contributed by atoms with Crippen molar-refractivity contribution in [2.45, 2.75) is 38.2 Å². The van der Waals surface area contributed by atoms with Crippen LogP contribution in [0.15, 0.2) is 12.7 Å². The van der Waals surface area contributed by atoms with E-state index < -0.39 is 5.97 Å². The van der Waals surface area contributed by atoms with Gasteiger partial charge in [-0.2, -0.15) is 0 Å². The van der Waals surface area contributed by atoms with Crippen LogP contribution in [0.25, 0.3) is 0 Å². The quantitative estimate of drug-likeness (QED) is 0.524. The maximum atomic E-state index is 11.1. The summed E-state index contributed by atoms with van der Waals surface area (Å²) in [6, 6.07) is 0. The zero-order valence-corrected chi connectivity index (χ0v) is 8.74. The van der Waals surface area contributed by atoms with Gasteiger partial charge < -0.3 is 9.47 Å². The summed E-state index contributed by atoms with van der Waals surface area (Å²) in [4.78, 5) is 21.8. The number of hydrogen-bond acceptors (Lipinski definition) is 4. The van der Waals surface area contributed by atoms with Crippen molar-refractivity contribution in [1.29, 1.82) is 0 Å². The molecule has 1 aliphatic heterocycles. The summed E-state index contributed by atoms with van der Waals surface area (Å²) in [6.07, 6.45) is 4.84. The van der Waals surface area contributed by atoms with Gasteiger partial charge in [0.15, 0.2) is 0 Å². The second kappa shape index (κ2) is 6.22. The molecular weight excluding hydrogens is 196 g/mol. The van der Waals surface area contributed by atoms with Gasteiger partial charge in [0.2, 0.25) is 0 Å². The van der Waals surface area contributed by atoms with Crippen LogP contribution < -0.4 is 0 Å². The number of carbonyl (C=O) groups is 2. The lowest BCUT2D eigenvalue weighted by atomic mass is 10.1. The molecule has 1 saturated heterocycles. The van der Waals surface area contributed by atoms with Crippen molar-refractivity contribution in [2.75, 3.05) is 6.61 Å². The smallest absolute Gasteiger partial charge is 0.330 e. The van der Waals surface area contributed by atoms with E-state index in [9.17, 15) is 9.59 Å². The fourth-order valence-electron chi connectivity index (χ4n) is 1.50. The normalized spacial score (nSPS) is 21.3. The minimum atomic E-state index is -0.435. The lowest BCUT2D eigenvalue weighted by Crippen LogP contribution is -2.18. The predicted molar refractivity (Wildman–Crippen MR) is 54.1 cm³/mol. The molecule has 0 N–H and O–H groups in total. The zero-order chi connectivity index (χ0) is 11.1. The fraction of sp³-hybridized carbons (Fsp3) is 0.636. The Balaban J connectivity index is 2.21. The number of ether oxygens (including phenoxy) is 2. The molecule has 0 saturated carbocycles. The fourth-order valence-corrected chi connectivity index (χ4v) is 1.50. The molecule has 0 aromatic rings. The summed E-state index contributed by atoms with van der Waals surface area (Å²) in [5.74, 6) is -0.581. The monoisotopic (exact) mass is 212 g/mol. The average Bonchev–Trinajstić information content (AvgIpc) is 2.42. The maximum Gasteiger partial charge on any atom is 0.330 e. The molecule has 0 aromatic carbocycles. The molecule has 0 spiro atoms. The summed E-state index contributed by atoms with van der Waals surface area (Å²) in [6.45, 7) is 3.57. The Labute approximate surface area is 89.2 Å². The summed E-state index contributed by atoms with van der Waals surface area (Å²) < 4.78 is 9.99. The number of hydrogen-bond donors (Lipinski definition) is 0. The van der Waals surface area contributed by atoms with Gasteiger partial charge in [-0.1, -0.05) is 6.58 Å². The molecule has 4 heteroatoms. The van der Waals surface area contributed by atoms with Crippen molar-refractivity contribution in [3.05, 3.63) is 12.7 Å². The number of esters is 2. The molecular formula is C11H16O4. The van der Waals surface area contributed by atoms with Gasteiger partial charge in [-0.3, -0.25) is 4.79 Å². The third kappa shape index (κ3) is 4.63. The Morgan fingerprint density at radius 2 is 2.40 bits per heavy atom. The first-order chi connectivity index (χ1) is 7.22. The van der Waals surface area contributed by atoms with Crippen LogP contribution >= 0.6 is 0 Å². The maximum absolute atomic E-state index is 11.1. The number of cyclic esters (lactones) is 1. The molecule has 1 rings (SSSR count). The lowest BCUT2D eigenvalue weighted by molar-refractivity contribution is -0.149. The molecule has 0 amide bonds. The molecule has 0 aliphatic carbocycles. The molecule has 84 valence electrons. The van der Waals surface area contributed by atoms with Gasteiger partial charge in [-0.25, -0.2) is 4.79 Å². The van der Waals surface area contributed by atoms with Gasteiger partial charge in [-0.15, -0.1) is 0 Å².